The van der Waals surface area contributed by atoms with Crippen molar-refractivity contribution < 1.29 is 9.47 Å². The van der Waals surface area contributed by atoms with Crippen molar-refractivity contribution in [3.63, 3.8) is 0 Å². The molecule has 2 N–H and O–H groups in total. The molecule has 2 rings (SSSR count). The number of nitrogens with one attached hydrogen (secondary N) is 2. The highest BCUT2D eigenvalue weighted by molar-refractivity contribution is 14.0. The Morgan fingerprint density at radius 1 is 1.25 bits per heavy atom. The molecule has 1 saturated heterocycles. The van der Waals surface area contributed by atoms with Gasteiger partial charge in [-0.05, 0) is 25.7 Å². The average Bonchev–Trinajstić information content (AvgIpc) is 3.10. The van der Waals surface area contributed by atoms with Crippen LogP contribution in [0.2, 0.25) is 0 Å². The van der Waals surface area contributed by atoms with E-state index in [0.29, 0.717) is 18.8 Å². The molecule has 2 fully saturated rings. The first-order chi connectivity index (χ1) is 9.38. The second kappa shape index (κ2) is 10.6. The maximum absolute atomic E-state index is 5.61. The van der Waals surface area contributed by atoms with Crippen molar-refractivity contribution in [2.45, 2.75) is 50.7 Å². The van der Waals surface area contributed by atoms with Crippen LogP contribution in [-0.2, 0) is 9.47 Å². The molecule has 1 saturated carbocycles. The van der Waals surface area contributed by atoms with E-state index >= 15 is 0 Å². The topological polar surface area (TPSA) is 54.9 Å². The van der Waals surface area contributed by atoms with E-state index in [1.807, 2.05) is 7.05 Å². The summed E-state index contributed by atoms with van der Waals surface area (Å²) in [5.41, 5.74) is 0. The minimum absolute atomic E-state index is 0. The number of rotatable bonds is 6. The van der Waals surface area contributed by atoms with E-state index < -0.39 is 0 Å². The molecule has 0 amide bonds. The third-order valence-corrected chi connectivity index (χ3v) is 3.79. The van der Waals surface area contributed by atoms with Crippen LogP contribution in [0, 0.1) is 0 Å². The van der Waals surface area contributed by atoms with Crippen molar-refractivity contribution in [2.75, 3.05) is 33.4 Å². The van der Waals surface area contributed by atoms with Gasteiger partial charge in [0.1, 0.15) is 0 Å². The number of halogens is 1. The molecule has 118 valence electrons. The molecule has 1 unspecified atom stereocenters. The van der Waals surface area contributed by atoms with Crippen molar-refractivity contribution in [3.8, 4) is 0 Å². The molecule has 5 nitrogen and oxygen atoms in total. The van der Waals surface area contributed by atoms with Gasteiger partial charge in [0.15, 0.2) is 5.96 Å². The standard InChI is InChI=1S/C14H27N3O2.HI/c1-15-14(17-12-5-2-3-6-12)16-8-10-18-11-13-7-4-9-19-13;/h12-13H,2-11H2,1H3,(H2,15,16,17);1H. The van der Waals surface area contributed by atoms with E-state index in [2.05, 4.69) is 15.6 Å². The SMILES string of the molecule is CN=C(NCCOCC1CCCO1)NC1CCCC1.I. The Labute approximate surface area is 139 Å². The van der Waals surface area contributed by atoms with Gasteiger partial charge in [-0.25, -0.2) is 0 Å². The van der Waals surface area contributed by atoms with Crippen LogP contribution in [0.4, 0.5) is 0 Å². The summed E-state index contributed by atoms with van der Waals surface area (Å²) in [4.78, 5) is 4.24. The summed E-state index contributed by atoms with van der Waals surface area (Å²) >= 11 is 0. The minimum atomic E-state index is 0. The lowest BCUT2D eigenvalue weighted by molar-refractivity contribution is 0.0191. The Balaban J connectivity index is 0.00000200. The first-order valence-electron chi connectivity index (χ1n) is 7.55. The highest BCUT2D eigenvalue weighted by Crippen LogP contribution is 2.17. The van der Waals surface area contributed by atoms with Crippen LogP contribution in [0.3, 0.4) is 0 Å². The number of nitrogens with zero attached hydrogens (tertiary/aromatic N) is 1. The van der Waals surface area contributed by atoms with Crippen LogP contribution in [0.25, 0.3) is 0 Å². The fourth-order valence-electron chi connectivity index (χ4n) is 2.69. The largest absolute Gasteiger partial charge is 0.377 e. The molecule has 0 bridgehead atoms. The minimum Gasteiger partial charge on any atom is -0.377 e. The molecule has 1 heterocycles. The summed E-state index contributed by atoms with van der Waals surface area (Å²) in [5, 5.41) is 6.75. The van der Waals surface area contributed by atoms with Gasteiger partial charge in [-0.1, -0.05) is 12.8 Å². The molecule has 20 heavy (non-hydrogen) atoms. The molecule has 6 heteroatoms. The van der Waals surface area contributed by atoms with Gasteiger partial charge in [-0.15, -0.1) is 24.0 Å². The smallest absolute Gasteiger partial charge is 0.191 e. The Bertz CT molecular complexity index is 278. The fourth-order valence-corrected chi connectivity index (χ4v) is 2.69. The average molecular weight is 397 g/mol. The first-order valence-corrected chi connectivity index (χ1v) is 7.55. The summed E-state index contributed by atoms with van der Waals surface area (Å²) in [5.74, 6) is 0.896. The van der Waals surface area contributed by atoms with E-state index in [1.54, 1.807) is 0 Å². The number of ether oxygens (including phenoxy) is 2. The third-order valence-electron chi connectivity index (χ3n) is 3.79. The fraction of sp³-hybridized carbons (Fsp3) is 0.929. The Morgan fingerprint density at radius 2 is 2.05 bits per heavy atom. The normalized spacial score (nSPS) is 23.6. The zero-order chi connectivity index (χ0) is 13.3. The lowest BCUT2D eigenvalue weighted by Crippen LogP contribution is -2.43. The van der Waals surface area contributed by atoms with Gasteiger partial charge in [0, 0.05) is 26.2 Å². The van der Waals surface area contributed by atoms with Crippen molar-refractivity contribution in [1.82, 2.24) is 10.6 Å². The summed E-state index contributed by atoms with van der Waals surface area (Å²) in [6, 6.07) is 0.596. The highest BCUT2D eigenvalue weighted by Gasteiger charge is 2.16. The number of hydrogen-bond acceptors (Lipinski definition) is 3. The zero-order valence-corrected chi connectivity index (χ0v) is 14.7. The predicted octanol–water partition coefficient (Wildman–Crippen LogP) is 1.91. The van der Waals surface area contributed by atoms with Crippen LogP contribution < -0.4 is 10.6 Å². The molecular formula is C14H28IN3O2. The lowest BCUT2D eigenvalue weighted by atomic mass is 10.2. The third kappa shape index (κ3) is 6.58. The summed E-state index contributed by atoms with van der Waals surface area (Å²) in [6.45, 7) is 3.10. The Hall–Kier alpha value is -0.0800. The molecule has 2 aliphatic rings. The second-order valence-electron chi connectivity index (χ2n) is 5.33. The molecule has 0 radical (unpaired) electrons. The van der Waals surface area contributed by atoms with Gasteiger partial charge in [-0.2, -0.15) is 0 Å². The van der Waals surface area contributed by atoms with E-state index in [4.69, 9.17) is 9.47 Å². The van der Waals surface area contributed by atoms with E-state index in [9.17, 15) is 0 Å². The maximum atomic E-state index is 5.61. The van der Waals surface area contributed by atoms with Crippen LogP contribution in [-0.4, -0.2) is 51.5 Å². The van der Waals surface area contributed by atoms with Crippen molar-refractivity contribution >= 4 is 29.9 Å². The molecular weight excluding hydrogens is 369 g/mol. The molecule has 1 aliphatic heterocycles. The summed E-state index contributed by atoms with van der Waals surface area (Å²) < 4.78 is 11.1. The second-order valence-corrected chi connectivity index (χ2v) is 5.33. The van der Waals surface area contributed by atoms with Gasteiger partial charge in [0.25, 0.3) is 0 Å². The van der Waals surface area contributed by atoms with Crippen molar-refractivity contribution in [1.29, 1.82) is 0 Å². The number of aliphatic imine (C=N–C) groups is 1. The summed E-state index contributed by atoms with van der Waals surface area (Å²) in [6.07, 6.45) is 7.81. The van der Waals surface area contributed by atoms with Gasteiger partial charge in [0.2, 0.25) is 0 Å². The molecule has 0 aromatic carbocycles. The molecule has 0 spiro atoms. The predicted molar refractivity (Wildman–Crippen MR) is 92.0 cm³/mol. The van der Waals surface area contributed by atoms with Crippen LogP contribution in [0.1, 0.15) is 38.5 Å². The lowest BCUT2D eigenvalue weighted by Gasteiger charge is -2.17. The number of guanidine groups is 1. The van der Waals surface area contributed by atoms with E-state index in [1.165, 1.54) is 32.1 Å². The van der Waals surface area contributed by atoms with E-state index in [-0.39, 0.29) is 24.0 Å². The first kappa shape index (κ1) is 18.0. The van der Waals surface area contributed by atoms with Crippen molar-refractivity contribution in [2.24, 2.45) is 4.99 Å². The Kier molecular flexibility index (Phi) is 9.54. The van der Waals surface area contributed by atoms with Gasteiger partial charge in [0.05, 0.1) is 19.3 Å². The summed E-state index contributed by atoms with van der Waals surface area (Å²) in [7, 11) is 1.82. The van der Waals surface area contributed by atoms with Gasteiger partial charge >= 0.3 is 0 Å². The Morgan fingerprint density at radius 3 is 2.70 bits per heavy atom. The van der Waals surface area contributed by atoms with E-state index in [0.717, 1.165) is 32.1 Å². The number of hydrogen-bond donors (Lipinski definition) is 2. The maximum Gasteiger partial charge on any atom is 0.191 e. The van der Waals surface area contributed by atoms with Crippen molar-refractivity contribution in [3.05, 3.63) is 0 Å². The molecule has 0 aromatic heterocycles. The molecule has 1 atom stereocenters. The molecule has 1 aliphatic carbocycles. The quantitative estimate of drug-likeness (QED) is 0.311. The monoisotopic (exact) mass is 397 g/mol. The zero-order valence-electron chi connectivity index (χ0n) is 12.4. The van der Waals surface area contributed by atoms with Crippen LogP contribution in [0.5, 0.6) is 0 Å². The van der Waals surface area contributed by atoms with Gasteiger partial charge < -0.3 is 20.1 Å². The molecule has 0 aromatic rings. The van der Waals surface area contributed by atoms with Gasteiger partial charge in [-0.3, -0.25) is 4.99 Å². The highest BCUT2D eigenvalue weighted by atomic mass is 127. The van der Waals surface area contributed by atoms with Crippen LogP contribution >= 0.6 is 24.0 Å². The van der Waals surface area contributed by atoms with Crippen LogP contribution in [0.15, 0.2) is 4.99 Å².